The van der Waals surface area contributed by atoms with E-state index in [2.05, 4.69) is 42.0 Å². The van der Waals surface area contributed by atoms with E-state index in [9.17, 15) is 0 Å². The molecule has 0 amide bonds. The predicted octanol–water partition coefficient (Wildman–Crippen LogP) is 2.97. The van der Waals surface area contributed by atoms with Gasteiger partial charge >= 0.3 is 0 Å². The third-order valence-electron chi connectivity index (χ3n) is 3.74. The van der Waals surface area contributed by atoms with Gasteiger partial charge in [-0.3, -0.25) is 0 Å². The second-order valence-corrected chi connectivity index (χ2v) is 5.46. The van der Waals surface area contributed by atoms with Gasteiger partial charge in [0.1, 0.15) is 0 Å². The molecule has 1 aliphatic rings. The number of anilines is 1. The number of rotatable bonds is 2. The van der Waals surface area contributed by atoms with E-state index in [-0.39, 0.29) is 0 Å². The van der Waals surface area contributed by atoms with Gasteiger partial charge in [-0.2, -0.15) is 0 Å². The molecule has 3 unspecified atom stereocenters. The maximum atomic E-state index is 4.51. The second-order valence-electron chi connectivity index (χ2n) is 5.46. The zero-order valence-electron chi connectivity index (χ0n) is 10.8. The first-order valence-corrected chi connectivity index (χ1v) is 6.32. The SMILES string of the molecule is Cc1cn(C)c(NC2CCC(C)CC2C)n1. The summed E-state index contributed by atoms with van der Waals surface area (Å²) in [6.07, 6.45) is 6.01. The van der Waals surface area contributed by atoms with E-state index in [0.717, 1.165) is 23.5 Å². The zero-order valence-corrected chi connectivity index (χ0v) is 10.8. The Hall–Kier alpha value is -0.990. The Morgan fingerprint density at radius 3 is 2.69 bits per heavy atom. The van der Waals surface area contributed by atoms with Crippen molar-refractivity contribution >= 4 is 5.95 Å². The summed E-state index contributed by atoms with van der Waals surface area (Å²) >= 11 is 0. The van der Waals surface area contributed by atoms with E-state index < -0.39 is 0 Å². The molecule has 0 saturated heterocycles. The molecule has 1 fully saturated rings. The standard InChI is InChI=1S/C13H23N3/c1-9-5-6-12(10(2)7-9)15-13-14-11(3)8-16(13)4/h8-10,12H,5-7H2,1-4H3,(H,14,15). The third-order valence-corrected chi connectivity index (χ3v) is 3.74. The van der Waals surface area contributed by atoms with Crippen LogP contribution in [-0.2, 0) is 7.05 Å². The predicted molar refractivity (Wildman–Crippen MR) is 67.5 cm³/mol. The highest BCUT2D eigenvalue weighted by Crippen LogP contribution is 2.30. The maximum Gasteiger partial charge on any atom is 0.203 e. The van der Waals surface area contributed by atoms with Crippen molar-refractivity contribution < 1.29 is 0 Å². The van der Waals surface area contributed by atoms with Crippen molar-refractivity contribution in [2.45, 2.75) is 46.1 Å². The molecule has 1 aliphatic carbocycles. The first kappa shape index (κ1) is 11.5. The fourth-order valence-electron chi connectivity index (χ4n) is 2.80. The summed E-state index contributed by atoms with van der Waals surface area (Å²) in [6, 6.07) is 0.594. The van der Waals surface area contributed by atoms with Crippen molar-refractivity contribution in [1.82, 2.24) is 9.55 Å². The summed E-state index contributed by atoms with van der Waals surface area (Å²) in [5.41, 5.74) is 1.09. The van der Waals surface area contributed by atoms with Crippen LogP contribution in [0.15, 0.2) is 6.20 Å². The van der Waals surface area contributed by atoms with Gasteiger partial charge in [0.05, 0.1) is 5.69 Å². The smallest absolute Gasteiger partial charge is 0.203 e. The van der Waals surface area contributed by atoms with Crippen molar-refractivity contribution in [3.63, 3.8) is 0 Å². The third kappa shape index (κ3) is 2.39. The summed E-state index contributed by atoms with van der Waals surface area (Å²) in [4.78, 5) is 4.51. The molecule has 0 radical (unpaired) electrons. The molecule has 1 saturated carbocycles. The fraction of sp³-hybridized carbons (Fsp3) is 0.769. The Kier molecular flexibility index (Phi) is 3.22. The van der Waals surface area contributed by atoms with Crippen molar-refractivity contribution in [2.24, 2.45) is 18.9 Å². The summed E-state index contributed by atoms with van der Waals surface area (Å²) < 4.78 is 2.08. The summed E-state index contributed by atoms with van der Waals surface area (Å²) in [7, 11) is 2.05. The van der Waals surface area contributed by atoms with Crippen LogP contribution in [0.4, 0.5) is 5.95 Å². The fourth-order valence-corrected chi connectivity index (χ4v) is 2.80. The minimum absolute atomic E-state index is 0.594. The van der Waals surface area contributed by atoms with Gasteiger partial charge in [0.2, 0.25) is 5.95 Å². The molecule has 3 nitrogen and oxygen atoms in total. The van der Waals surface area contributed by atoms with E-state index in [1.807, 2.05) is 6.92 Å². The lowest BCUT2D eigenvalue weighted by Gasteiger charge is -2.33. The molecular formula is C13H23N3. The molecular weight excluding hydrogens is 198 g/mol. The molecule has 0 aliphatic heterocycles. The molecule has 0 spiro atoms. The number of hydrogen-bond donors (Lipinski definition) is 1. The minimum Gasteiger partial charge on any atom is -0.353 e. The molecule has 16 heavy (non-hydrogen) atoms. The van der Waals surface area contributed by atoms with Crippen LogP contribution < -0.4 is 5.32 Å². The minimum atomic E-state index is 0.594. The number of imidazole rings is 1. The molecule has 3 atom stereocenters. The van der Waals surface area contributed by atoms with Gasteiger partial charge in [0.25, 0.3) is 0 Å². The molecule has 1 aromatic heterocycles. The van der Waals surface area contributed by atoms with E-state index in [1.54, 1.807) is 0 Å². The van der Waals surface area contributed by atoms with Gasteiger partial charge < -0.3 is 9.88 Å². The number of hydrogen-bond acceptors (Lipinski definition) is 2. The first-order chi connectivity index (χ1) is 7.56. The Bertz CT molecular complexity index is 356. The van der Waals surface area contributed by atoms with Crippen LogP contribution in [0.1, 0.15) is 38.8 Å². The van der Waals surface area contributed by atoms with Crippen LogP contribution >= 0.6 is 0 Å². The van der Waals surface area contributed by atoms with Gasteiger partial charge in [0.15, 0.2) is 0 Å². The van der Waals surface area contributed by atoms with E-state index in [0.29, 0.717) is 6.04 Å². The van der Waals surface area contributed by atoms with E-state index >= 15 is 0 Å². The lowest BCUT2D eigenvalue weighted by Crippen LogP contribution is -2.33. The summed E-state index contributed by atoms with van der Waals surface area (Å²) in [5, 5.41) is 3.59. The van der Waals surface area contributed by atoms with Crippen LogP contribution in [0.25, 0.3) is 0 Å². The van der Waals surface area contributed by atoms with Gasteiger partial charge in [-0.15, -0.1) is 0 Å². The number of nitrogens with zero attached hydrogens (tertiary/aromatic N) is 2. The highest BCUT2D eigenvalue weighted by molar-refractivity contribution is 5.30. The highest BCUT2D eigenvalue weighted by atomic mass is 15.2. The van der Waals surface area contributed by atoms with Crippen molar-refractivity contribution in [3.05, 3.63) is 11.9 Å². The van der Waals surface area contributed by atoms with Crippen LogP contribution in [0.3, 0.4) is 0 Å². The Labute approximate surface area is 98.3 Å². The normalized spacial score (nSPS) is 30.4. The van der Waals surface area contributed by atoms with Crippen LogP contribution in [0.5, 0.6) is 0 Å². The van der Waals surface area contributed by atoms with Crippen LogP contribution in [-0.4, -0.2) is 15.6 Å². The van der Waals surface area contributed by atoms with Gasteiger partial charge in [-0.05, 0) is 38.0 Å². The molecule has 90 valence electrons. The van der Waals surface area contributed by atoms with Gasteiger partial charge in [-0.1, -0.05) is 13.8 Å². The van der Waals surface area contributed by atoms with E-state index in [1.165, 1.54) is 19.3 Å². The lowest BCUT2D eigenvalue weighted by molar-refractivity contribution is 0.275. The average Bonchev–Trinajstić information content (AvgIpc) is 2.50. The van der Waals surface area contributed by atoms with Crippen molar-refractivity contribution in [1.29, 1.82) is 0 Å². The lowest BCUT2D eigenvalue weighted by atomic mass is 9.80. The van der Waals surface area contributed by atoms with Crippen molar-refractivity contribution in [2.75, 3.05) is 5.32 Å². The molecule has 1 heterocycles. The van der Waals surface area contributed by atoms with Crippen molar-refractivity contribution in [3.8, 4) is 0 Å². The second kappa shape index (κ2) is 4.48. The Balaban J connectivity index is 2.02. The van der Waals surface area contributed by atoms with Crippen LogP contribution in [0.2, 0.25) is 0 Å². The molecule has 1 N–H and O–H groups in total. The summed E-state index contributed by atoms with van der Waals surface area (Å²) in [6.45, 7) is 6.75. The zero-order chi connectivity index (χ0) is 11.7. The molecule has 0 aromatic carbocycles. The van der Waals surface area contributed by atoms with Crippen LogP contribution in [0, 0.1) is 18.8 Å². The Morgan fingerprint density at radius 1 is 1.38 bits per heavy atom. The largest absolute Gasteiger partial charge is 0.353 e. The van der Waals surface area contributed by atoms with Gasteiger partial charge in [0, 0.05) is 19.3 Å². The molecule has 1 aromatic rings. The quantitative estimate of drug-likeness (QED) is 0.832. The topological polar surface area (TPSA) is 29.9 Å². The highest BCUT2D eigenvalue weighted by Gasteiger charge is 2.25. The van der Waals surface area contributed by atoms with E-state index in [4.69, 9.17) is 0 Å². The monoisotopic (exact) mass is 221 g/mol. The molecule has 2 rings (SSSR count). The average molecular weight is 221 g/mol. The number of aromatic nitrogens is 2. The molecule has 3 heteroatoms. The first-order valence-electron chi connectivity index (χ1n) is 6.32. The van der Waals surface area contributed by atoms with Gasteiger partial charge in [-0.25, -0.2) is 4.98 Å². The molecule has 0 bridgehead atoms. The number of nitrogens with one attached hydrogen (secondary N) is 1. The summed E-state index contributed by atoms with van der Waals surface area (Å²) in [5.74, 6) is 2.65. The number of aryl methyl sites for hydroxylation is 2. The Morgan fingerprint density at radius 2 is 2.12 bits per heavy atom. The maximum absolute atomic E-state index is 4.51.